The number of amides is 1. The van der Waals surface area contributed by atoms with Crippen LogP contribution in [0.25, 0.3) is 11.0 Å². The van der Waals surface area contributed by atoms with Gasteiger partial charge in [0.2, 0.25) is 0 Å². The number of hydrogen-bond acceptors (Lipinski definition) is 8. The summed E-state index contributed by atoms with van der Waals surface area (Å²) in [5.74, 6) is -1.59. The maximum atomic E-state index is 12.4. The predicted octanol–water partition coefficient (Wildman–Crippen LogP) is 2.69. The number of benzene rings is 2. The molecule has 1 N–H and O–H groups in total. The number of carbonyl (C=O) groups is 3. The van der Waals surface area contributed by atoms with E-state index in [2.05, 4.69) is 10.1 Å². The second-order valence-corrected chi connectivity index (χ2v) is 6.49. The zero-order valence-corrected chi connectivity index (χ0v) is 17.0. The molecule has 9 nitrogen and oxygen atoms in total. The minimum absolute atomic E-state index is 0.0615. The number of nitrogens with one attached hydrogen (secondary N) is 1. The largest absolute Gasteiger partial charge is 0.484 e. The van der Waals surface area contributed by atoms with Gasteiger partial charge in [-0.05, 0) is 42.8 Å². The van der Waals surface area contributed by atoms with Crippen LogP contribution in [0.1, 0.15) is 26.3 Å². The zero-order chi connectivity index (χ0) is 22.5. The number of hydrogen-bond donors (Lipinski definition) is 1. The molecule has 0 fully saturated rings. The molecule has 0 saturated carbocycles. The first-order chi connectivity index (χ1) is 14.8. The number of fused-ring (bicyclic) bond motifs is 1. The summed E-state index contributed by atoms with van der Waals surface area (Å²) in [6.07, 6.45) is 0. The molecule has 9 heteroatoms. The van der Waals surface area contributed by atoms with Crippen LogP contribution in [0.4, 0.5) is 5.69 Å². The highest BCUT2D eigenvalue weighted by Crippen LogP contribution is 2.23. The van der Waals surface area contributed by atoms with Crippen molar-refractivity contribution in [1.29, 1.82) is 0 Å². The van der Waals surface area contributed by atoms with Gasteiger partial charge in [0.15, 0.2) is 6.61 Å². The van der Waals surface area contributed by atoms with E-state index in [1.165, 1.54) is 44.6 Å². The molecule has 1 amide bonds. The standard InChI is InChI=1S/C22H19NO8/c1-12-8-20(25)31-18-10-14(5-7-15(12)18)30-11-19(24)23-17-9-13(21(26)28-2)4-6-16(17)22(27)29-3/h4-10H,11H2,1-3H3,(H,23,24). The van der Waals surface area contributed by atoms with E-state index in [9.17, 15) is 19.2 Å². The SMILES string of the molecule is COC(=O)c1ccc(C(=O)OC)c(NC(=O)COc2ccc3c(C)cc(=O)oc3c2)c1. The predicted molar refractivity (Wildman–Crippen MR) is 110 cm³/mol. The molecule has 2 aromatic carbocycles. The molecule has 0 spiro atoms. The van der Waals surface area contributed by atoms with E-state index in [1.54, 1.807) is 19.1 Å². The third kappa shape index (κ3) is 4.89. The molecule has 0 atom stereocenters. The quantitative estimate of drug-likeness (QED) is 0.473. The van der Waals surface area contributed by atoms with Crippen molar-refractivity contribution in [1.82, 2.24) is 0 Å². The van der Waals surface area contributed by atoms with E-state index >= 15 is 0 Å². The van der Waals surface area contributed by atoms with Crippen molar-refractivity contribution in [3.8, 4) is 5.75 Å². The summed E-state index contributed by atoms with van der Waals surface area (Å²) >= 11 is 0. The van der Waals surface area contributed by atoms with Crippen LogP contribution < -0.4 is 15.7 Å². The summed E-state index contributed by atoms with van der Waals surface area (Å²) in [5, 5.41) is 3.27. The van der Waals surface area contributed by atoms with Crippen LogP contribution in [0.5, 0.6) is 5.75 Å². The van der Waals surface area contributed by atoms with E-state index in [4.69, 9.17) is 13.9 Å². The first-order valence-electron chi connectivity index (χ1n) is 9.10. The molecule has 0 unspecified atom stereocenters. The van der Waals surface area contributed by atoms with E-state index in [-0.39, 0.29) is 16.8 Å². The molecule has 31 heavy (non-hydrogen) atoms. The van der Waals surface area contributed by atoms with Crippen LogP contribution in [0, 0.1) is 6.92 Å². The van der Waals surface area contributed by atoms with Crippen molar-refractivity contribution in [2.24, 2.45) is 0 Å². The highest BCUT2D eigenvalue weighted by atomic mass is 16.5. The van der Waals surface area contributed by atoms with Crippen LogP contribution in [-0.4, -0.2) is 38.7 Å². The normalized spacial score (nSPS) is 10.4. The summed E-state index contributed by atoms with van der Waals surface area (Å²) in [7, 11) is 2.42. The van der Waals surface area contributed by atoms with Crippen LogP contribution in [0.2, 0.25) is 0 Å². The van der Waals surface area contributed by atoms with Gasteiger partial charge in [-0.1, -0.05) is 0 Å². The molecule has 3 rings (SSSR count). The highest BCUT2D eigenvalue weighted by molar-refractivity contribution is 6.03. The molecule has 0 bridgehead atoms. The van der Waals surface area contributed by atoms with Gasteiger partial charge in [0.25, 0.3) is 5.91 Å². The number of ether oxygens (including phenoxy) is 3. The lowest BCUT2D eigenvalue weighted by Crippen LogP contribution is -2.22. The molecule has 0 saturated heterocycles. The Labute approximate surface area is 176 Å². The minimum Gasteiger partial charge on any atom is -0.484 e. The summed E-state index contributed by atoms with van der Waals surface area (Å²) in [6.45, 7) is 1.39. The third-order valence-corrected chi connectivity index (χ3v) is 4.41. The Morgan fingerprint density at radius 1 is 0.968 bits per heavy atom. The summed E-state index contributed by atoms with van der Waals surface area (Å²) in [6, 6.07) is 10.3. The molecule has 160 valence electrons. The second kappa shape index (κ2) is 9.12. The smallest absolute Gasteiger partial charge is 0.339 e. The Morgan fingerprint density at radius 3 is 2.42 bits per heavy atom. The summed E-state index contributed by atoms with van der Waals surface area (Å²) < 4.78 is 20.0. The first-order valence-corrected chi connectivity index (χ1v) is 9.10. The van der Waals surface area contributed by atoms with Crippen molar-refractivity contribution in [2.45, 2.75) is 6.92 Å². The topological polar surface area (TPSA) is 121 Å². The van der Waals surface area contributed by atoms with Gasteiger partial charge in [-0.3, -0.25) is 4.79 Å². The second-order valence-electron chi connectivity index (χ2n) is 6.49. The lowest BCUT2D eigenvalue weighted by atomic mass is 10.1. The van der Waals surface area contributed by atoms with E-state index in [0.29, 0.717) is 11.3 Å². The Hall–Kier alpha value is -4.14. The molecule has 1 heterocycles. The fraction of sp³-hybridized carbons (Fsp3) is 0.182. The molecule has 0 aliphatic rings. The van der Waals surface area contributed by atoms with Gasteiger partial charge in [-0.25, -0.2) is 14.4 Å². The Morgan fingerprint density at radius 2 is 1.71 bits per heavy atom. The lowest BCUT2D eigenvalue weighted by Gasteiger charge is -2.12. The van der Waals surface area contributed by atoms with Gasteiger partial charge < -0.3 is 23.9 Å². The van der Waals surface area contributed by atoms with E-state index in [1.807, 2.05) is 0 Å². The van der Waals surface area contributed by atoms with Gasteiger partial charge >= 0.3 is 17.6 Å². The molecular weight excluding hydrogens is 406 g/mol. The molecule has 1 aromatic heterocycles. The Kier molecular flexibility index (Phi) is 6.35. The van der Waals surface area contributed by atoms with Gasteiger partial charge in [0.1, 0.15) is 11.3 Å². The number of carbonyl (C=O) groups excluding carboxylic acids is 3. The number of rotatable bonds is 6. The van der Waals surface area contributed by atoms with Crippen molar-refractivity contribution >= 4 is 34.5 Å². The Bertz CT molecular complexity index is 1230. The molecule has 0 aliphatic carbocycles. The lowest BCUT2D eigenvalue weighted by molar-refractivity contribution is -0.118. The van der Waals surface area contributed by atoms with Crippen LogP contribution in [0.3, 0.4) is 0 Å². The van der Waals surface area contributed by atoms with Crippen LogP contribution >= 0.6 is 0 Å². The average Bonchev–Trinajstić information content (AvgIpc) is 2.76. The fourth-order valence-corrected chi connectivity index (χ4v) is 2.91. The number of aryl methyl sites for hydroxylation is 1. The van der Waals surface area contributed by atoms with Crippen LogP contribution in [0.15, 0.2) is 51.7 Å². The Balaban J connectivity index is 1.77. The maximum Gasteiger partial charge on any atom is 0.339 e. The molecule has 0 radical (unpaired) electrons. The van der Waals surface area contributed by atoms with Crippen molar-refractivity contribution in [3.05, 3.63) is 69.6 Å². The van der Waals surface area contributed by atoms with Gasteiger partial charge in [0.05, 0.1) is 31.0 Å². The van der Waals surface area contributed by atoms with Crippen molar-refractivity contribution in [3.63, 3.8) is 0 Å². The zero-order valence-electron chi connectivity index (χ0n) is 17.0. The minimum atomic E-state index is -0.687. The van der Waals surface area contributed by atoms with E-state index in [0.717, 1.165) is 10.9 Å². The van der Waals surface area contributed by atoms with Gasteiger partial charge in [-0.15, -0.1) is 0 Å². The highest BCUT2D eigenvalue weighted by Gasteiger charge is 2.17. The maximum absolute atomic E-state index is 12.4. The van der Waals surface area contributed by atoms with Gasteiger partial charge in [0, 0.05) is 17.5 Å². The number of esters is 2. The fourth-order valence-electron chi connectivity index (χ4n) is 2.91. The van der Waals surface area contributed by atoms with Crippen molar-refractivity contribution < 1.29 is 33.0 Å². The monoisotopic (exact) mass is 425 g/mol. The first kappa shape index (κ1) is 21.6. The van der Waals surface area contributed by atoms with Gasteiger partial charge in [-0.2, -0.15) is 0 Å². The third-order valence-electron chi connectivity index (χ3n) is 4.41. The number of methoxy groups -OCH3 is 2. The number of anilines is 1. The molecule has 0 aliphatic heterocycles. The summed E-state index contributed by atoms with van der Waals surface area (Å²) in [4.78, 5) is 47.7. The van der Waals surface area contributed by atoms with Crippen LogP contribution in [-0.2, 0) is 14.3 Å². The van der Waals surface area contributed by atoms with E-state index < -0.39 is 30.1 Å². The van der Waals surface area contributed by atoms with Crippen molar-refractivity contribution in [2.75, 3.05) is 26.1 Å². The molecular formula is C22H19NO8. The summed E-state index contributed by atoms with van der Waals surface area (Å²) in [5.41, 5.74) is 0.889. The average molecular weight is 425 g/mol. The molecule has 3 aromatic rings.